The number of anilines is 1. The topological polar surface area (TPSA) is 56.7 Å². The molecule has 0 aliphatic rings. The summed E-state index contributed by atoms with van der Waals surface area (Å²) in [5, 5.41) is 3.98. The van der Waals surface area contributed by atoms with Crippen LogP contribution in [-0.2, 0) is 7.05 Å². The molecule has 0 bridgehead atoms. The first kappa shape index (κ1) is 9.21. The summed E-state index contributed by atoms with van der Waals surface area (Å²) >= 11 is 3.37. The van der Waals surface area contributed by atoms with Gasteiger partial charge in [-0.25, -0.2) is 4.68 Å². The molecule has 0 fully saturated rings. The van der Waals surface area contributed by atoms with Crippen LogP contribution in [0, 0.1) is 0 Å². The van der Waals surface area contributed by atoms with Crippen LogP contribution in [0.4, 0.5) is 5.95 Å². The number of hydrogen-bond acceptors (Lipinski definition) is 3. The smallest absolute Gasteiger partial charge is 0.240 e. The number of rotatable bonds is 1. The SMILES string of the molecule is Cn1nc(N)nc1-c1ccc(Br)cc1. The predicted octanol–water partition coefficient (Wildman–Crippen LogP) is 1.83. The van der Waals surface area contributed by atoms with Crippen molar-refractivity contribution in [1.82, 2.24) is 14.8 Å². The average molecular weight is 253 g/mol. The van der Waals surface area contributed by atoms with Crippen molar-refractivity contribution in [2.24, 2.45) is 7.05 Å². The van der Waals surface area contributed by atoms with Gasteiger partial charge in [-0.2, -0.15) is 4.98 Å². The first-order chi connectivity index (χ1) is 6.66. The van der Waals surface area contributed by atoms with Gasteiger partial charge in [-0.1, -0.05) is 28.1 Å². The predicted molar refractivity (Wildman–Crippen MR) is 58.6 cm³/mol. The molecular weight excluding hydrogens is 244 g/mol. The van der Waals surface area contributed by atoms with Gasteiger partial charge < -0.3 is 5.73 Å². The molecule has 14 heavy (non-hydrogen) atoms. The molecule has 2 rings (SSSR count). The molecule has 0 saturated carbocycles. The van der Waals surface area contributed by atoms with Crippen LogP contribution < -0.4 is 5.73 Å². The number of aryl methyl sites for hydroxylation is 1. The minimum atomic E-state index is 0.297. The molecule has 0 aliphatic carbocycles. The van der Waals surface area contributed by atoms with Crippen molar-refractivity contribution < 1.29 is 0 Å². The molecule has 0 atom stereocenters. The van der Waals surface area contributed by atoms with E-state index in [1.54, 1.807) is 4.68 Å². The minimum Gasteiger partial charge on any atom is -0.366 e. The fourth-order valence-corrected chi connectivity index (χ4v) is 1.52. The van der Waals surface area contributed by atoms with E-state index in [1.807, 2.05) is 31.3 Å². The number of nitrogen functional groups attached to an aromatic ring is 1. The minimum absolute atomic E-state index is 0.297. The average Bonchev–Trinajstić information content (AvgIpc) is 2.47. The summed E-state index contributed by atoms with van der Waals surface area (Å²) in [5.41, 5.74) is 6.49. The Morgan fingerprint density at radius 1 is 1.29 bits per heavy atom. The van der Waals surface area contributed by atoms with E-state index in [9.17, 15) is 0 Å². The summed E-state index contributed by atoms with van der Waals surface area (Å²) in [7, 11) is 1.82. The molecule has 72 valence electrons. The highest BCUT2D eigenvalue weighted by Gasteiger charge is 2.06. The number of halogens is 1. The Hall–Kier alpha value is -1.36. The summed E-state index contributed by atoms with van der Waals surface area (Å²) in [4.78, 5) is 4.12. The van der Waals surface area contributed by atoms with Crippen LogP contribution in [0.25, 0.3) is 11.4 Å². The van der Waals surface area contributed by atoms with Gasteiger partial charge in [-0.05, 0) is 12.1 Å². The fraction of sp³-hybridized carbons (Fsp3) is 0.111. The third-order valence-corrected chi connectivity index (χ3v) is 2.41. The molecule has 0 unspecified atom stereocenters. The van der Waals surface area contributed by atoms with Crippen LogP contribution in [-0.4, -0.2) is 14.8 Å². The lowest BCUT2D eigenvalue weighted by molar-refractivity contribution is 0.778. The molecule has 0 amide bonds. The molecule has 5 heteroatoms. The lowest BCUT2D eigenvalue weighted by atomic mass is 10.2. The molecule has 0 spiro atoms. The Bertz CT molecular complexity index is 446. The van der Waals surface area contributed by atoms with Gasteiger partial charge in [0, 0.05) is 17.1 Å². The van der Waals surface area contributed by atoms with Crippen LogP contribution >= 0.6 is 15.9 Å². The first-order valence-electron chi connectivity index (χ1n) is 4.09. The Balaban J connectivity index is 2.49. The van der Waals surface area contributed by atoms with E-state index in [-0.39, 0.29) is 0 Å². The van der Waals surface area contributed by atoms with E-state index in [2.05, 4.69) is 26.0 Å². The number of aromatic nitrogens is 3. The van der Waals surface area contributed by atoms with E-state index >= 15 is 0 Å². The van der Waals surface area contributed by atoms with Crippen LogP contribution in [0.2, 0.25) is 0 Å². The fourth-order valence-electron chi connectivity index (χ4n) is 1.25. The van der Waals surface area contributed by atoms with Crippen molar-refractivity contribution in [3.8, 4) is 11.4 Å². The third kappa shape index (κ3) is 1.63. The van der Waals surface area contributed by atoms with Gasteiger partial charge >= 0.3 is 0 Å². The first-order valence-corrected chi connectivity index (χ1v) is 4.88. The molecule has 0 saturated heterocycles. The van der Waals surface area contributed by atoms with Gasteiger partial charge in [0.2, 0.25) is 5.95 Å². The summed E-state index contributed by atoms with van der Waals surface area (Å²) in [6.45, 7) is 0. The van der Waals surface area contributed by atoms with Gasteiger partial charge in [0.1, 0.15) is 0 Å². The van der Waals surface area contributed by atoms with E-state index in [0.29, 0.717) is 5.95 Å². The van der Waals surface area contributed by atoms with Crippen molar-refractivity contribution in [2.45, 2.75) is 0 Å². The maximum Gasteiger partial charge on any atom is 0.240 e. The highest BCUT2D eigenvalue weighted by Crippen LogP contribution is 2.19. The Morgan fingerprint density at radius 3 is 2.43 bits per heavy atom. The molecule has 0 radical (unpaired) electrons. The van der Waals surface area contributed by atoms with Gasteiger partial charge in [-0.15, -0.1) is 5.10 Å². The van der Waals surface area contributed by atoms with Crippen LogP contribution in [0.1, 0.15) is 0 Å². The molecule has 2 N–H and O–H groups in total. The summed E-state index contributed by atoms with van der Waals surface area (Å²) in [6.07, 6.45) is 0. The Labute approximate surface area is 89.9 Å². The van der Waals surface area contributed by atoms with Crippen molar-refractivity contribution in [3.05, 3.63) is 28.7 Å². The lowest BCUT2D eigenvalue weighted by Crippen LogP contribution is -1.94. The Morgan fingerprint density at radius 2 is 1.93 bits per heavy atom. The monoisotopic (exact) mass is 252 g/mol. The van der Waals surface area contributed by atoms with E-state index in [1.165, 1.54) is 0 Å². The molecule has 4 nitrogen and oxygen atoms in total. The maximum absolute atomic E-state index is 5.49. The molecule has 1 aromatic carbocycles. The van der Waals surface area contributed by atoms with Crippen molar-refractivity contribution in [3.63, 3.8) is 0 Å². The molecule has 0 aliphatic heterocycles. The quantitative estimate of drug-likeness (QED) is 0.843. The van der Waals surface area contributed by atoms with Gasteiger partial charge in [0.25, 0.3) is 0 Å². The van der Waals surface area contributed by atoms with Gasteiger partial charge in [0.15, 0.2) is 5.82 Å². The van der Waals surface area contributed by atoms with Crippen LogP contribution in [0.5, 0.6) is 0 Å². The zero-order chi connectivity index (χ0) is 10.1. The number of nitrogens with zero attached hydrogens (tertiary/aromatic N) is 3. The maximum atomic E-state index is 5.49. The van der Waals surface area contributed by atoms with E-state index in [4.69, 9.17) is 5.73 Å². The molecule has 2 aromatic rings. The number of hydrogen-bond donors (Lipinski definition) is 1. The van der Waals surface area contributed by atoms with E-state index in [0.717, 1.165) is 15.9 Å². The highest BCUT2D eigenvalue weighted by atomic mass is 79.9. The number of benzene rings is 1. The lowest BCUT2D eigenvalue weighted by Gasteiger charge is -1.99. The highest BCUT2D eigenvalue weighted by molar-refractivity contribution is 9.10. The van der Waals surface area contributed by atoms with E-state index < -0.39 is 0 Å². The second-order valence-corrected chi connectivity index (χ2v) is 3.84. The van der Waals surface area contributed by atoms with Crippen molar-refractivity contribution in [1.29, 1.82) is 0 Å². The second kappa shape index (κ2) is 3.42. The van der Waals surface area contributed by atoms with Gasteiger partial charge in [0.05, 0.1) is 0 Å². The largest absolute Gasteiger partial charge is 0.366 e. The summed E-state index contributed by atoms with van der Waals surface area (Å²) < 4.78 is 2.70. The number of nitrogens with two attached hydrogens (primary N) is 1. The summed E-state index contributed by atoms with van der Waals surface area (Å²) in [5.74, 6) is 1.07. The van der Waals surface area contributed by atoms with Gasteiger partial charge in [-0.3, -0.25) is 0 Å². The molecular formula is C9H9BrN4. The molecule has 1 heterocycles. The van der Waals surface area contributed by atoms with Crippen molar-refractivity contribution in [2.75, 3.05) is 5.73 Å². The normalized spacial score (nSPS) is 10.4. The van der Waals surface area contributed by atoms with Crippen LogP contribution in [0.15, 0.2) is 28.7 Å². The zero-order valence-corrected chi connectivity index (χ0v) is 9.19. The Kier molecular flexibility index (Phi) is 2.25. The van der Waals surface area contributed by atoms with Crippen LogP contribution in [0.3, 0.4) is 0 Å². The zero-order valence-electron chi connectivity index (χ0n) is 7.61. The standard InChI is InChI=1S/C9H9BrN4/c1-14-8(12-9(11)13-14)6-2-4-7(10)5-3-6/h2-5H,1H3,(H2,11,13). The second-order valence-electron chi connectivity index (χ2n) is 2.92. The summed E-state index contributed by atoms with van der Waals surface area (Å²) in [6, 6.07) is 7.85. The molecule has 1 aromatic heterocycles. The van der Waals surface area contributed by atoms with Crippen molar-refractivity contribution >= 4 is 21.9 Å². The third-order valence-electron chi connectivity index (χ3n) is 1.88.